The molecule has 1 atom stereocenters. The highest BCUT2D eigenvalue weighted by Gasteiger charge is 2.22. The smallest absolute Gasteiger partial charge is 0.408 e. The number of ketones is 1. The Labute approximate surface area is 148 Å². The molecule has 2 N–H and O–H groups in total. The van der Waals surface area contributed by atoms with Crippen LogP contribution < -0.4 is 10.1 Å². The topological polar surface area (TPSA) is 84.9 Å². The first kappa shape index (κ1) is 19.3. The molecule has 0 spiro atoms. The number of alkyl halides is 2. The van der Waals surface area contributed by atoms with Crippen LogP contribution in [0.4, 0.5) is 13.6 Å². The maximum atomic E-state index is 12.3. The van der Waals surface area contributed by atoms with E-state index in [0.717, 1.165) is 5.56 Å². The van der Waals surface area contributed by atoms with E-state index in [1.807, 2.05) is 6.07 Å². The molecule has 0 unspecified atom stereocenters. The molecule has 0 aromatic heterocycles. The third-order valence-corrected chi connectivity index (χ3v) is 3.37. The molecule has 2 rings (SSSR count). The molecule has 8 heteroatoms. The Kier molecular flexibility index (Phi) is 7.04. The van der Waals surface area contributed by atoms with Gasteiger partial charge in [0.05, 0.1) is 6.61 Å². The second-order valence-electron chi connectivity index (χ2n) is 5.21. The molecule has 0 aliphatic carbocycles. The Hall–Kier alpha value is -3.00. The summed E-state index contributed by atoms with van der Waals surface area (Å²) >= 11 is 0. The number of amides is 1. The first-order valence-electron chi connectivity index (χ1n) is 7.66. The van der Waals surface area contributed by atoms with Gasteiger partial charge in [0, 0.05) is 5.56 Å². The number of ether oxygens (including phenoxy) is 2. The molecule has 138 valence electrons. The lowest BCUT2D eigenvalue weighted by atomic mass is 10.0. The molecule has 0 aliphatic heterocycles. The third-order valence-electron chi connectivity index (χ3n) is 3.37. The first-order valence-corrected chi connectivity index (χ1v) is 7.66. The number of alkyl carbamates (subject to hydrolysis) is 1. The molecule has 1 amide bonds. The van der Waals surface area contributed by atoms with Crippen molar-refractivity contribution in [3.8, 4) is 5.75 Å². The summed E-state index contributed by atoms with van der Waals surface area (Å²) in [4.78, 5) is 24.1. The van der Waals surface area contributed by atoms with E-state index < -0.39 is 31.1 Å². The van der Waals surface area contributed by atoms with Gasteiger partial charge in [-0.2, -0.15) is 8.78 Å². The van der Waals surface area contributed by atoms with Crippen molar-refractivity contribution in [1.29, 1.82) is 0 Å². The largest absolute Gasteiger partial charge is 0.445 e. The molecule has 0 saturated heterocycles. The number of rotatable bonds is 8. The SMILES string of the molecule is O=C(N[C@@H](CO)C(=O)c1ccc(OC(F)F)cc1)OCc1ccccc1. The van der Waals surface area contributed by atoms with E-state index in [2.05, 4.69) is 10.1 Å². The lowest BCUT2D eigenvalue weighted by molar-refractivity contribution is -0.0498. The normalized spacial score (nSPS) is 11.7. The van der Waals surface area contributed by atoms with Gasteiger partial charge in [-0.1, -0.05) is 30.3 Å². The molecule has 0 aliphatic rings. The molecule has 6 nitrogen and oxygen atoms in total. The van der Waals surface area contributed by atoms with Crippen LogP contribution in [0.15, 0.2) is 54.6 Å². The fourth-order valence-corrected chi connectivity index (χ4v) is 2.10. The van der Waals surface area contributed by atoms with Gasteiger partial charge in [-0.15, -0.1) is 0 Å². The van der Waals surface area contributed by atoms with E-state index in [1.54, 1.807) is 24.3 Å². The van der Waals surface area contributed by atoms with E-state index in [4.69, 9.17) is 4.74 Å². The molecule has 0 radical (unpaired) electrons. The maximum Gasteiger partial charge on any atom is 0.408 e. The summed E-state index contributed by atoms with van der Waals surface area (Å²) in [5, 5.41) is 11.6. The zero-order chi connectivity index (χ0) is 18.9. The predicted octanol–water partition coefficient (Wildman–Crippen LogP) is 2.76. The minimum Gasteiger partial charge on any atom is -0.445 e. The Morgan fingerprint density at radius 3 is 2.27 bits per heavy atom. The Balaban J connectivity index is 1.92. The Morgan fingerprint density at radius 1 is 1.04 bits per heavy atom. The van der Waals surface area contributed by atoms with Crippen LogP contribution in [-0.2, 0) is 11.3 Å². The van der Waals surface area contributed by atoms with Crippen LogP contribution in [0.2, 0.25) is 0 Å². The van der Waals surface area contributed by atoms with Crippen molar-refractivity contribution in [2.75, 3.05) is 6.61 Å². The van der Waals surface area contributed by atoms with Crippen LogP contribution in [0.1, 0.15) is 15.9 Å². The van der Waals surface area contributed by atoms with Crippen molar-refractivity contribution in [3.05, 3.63) is 65.7 Å². The number of carbonyl (C=O) groups is 2. The summed E-state index contributed by atoms with van der Waals surface area (Å²) in [5.41, 5.74) is 0.887. The zero-order valence-electron chi connectivity index (χ0n) is 13.6. The number of carbonyl (C=O) groups excluding carboxylic acids is 2. The number of aliphatic hydroxyl groups is 1. The predicted molar refractivity (Wildman–Crippen MR) is 88.0 cm³/mol. The highest BCUT2D eigenvalue weighted by atomic mass is 19.3. The van der Waals surface area contributed by atoms with Crippen LogP contribution in [-0.4, -0.2) is 36.2 Å². The molecular weight excluding hydrogens is 348 g/mol. The lowest BCUT2D eigenvalue weighted by Crippen LogP contribution is -2.43. The van der Waals surface area contributed by atoms with E-state index in [1.165, 1.54) is 24.3 Å². The van der Waals surface area contributed by atoms with Gasteiger partial charge in [0.1, 0.15) is 18.4 Å². The van der Waals surface area contributed by atoms with E-state index in [0.29, 0.717) is 0 Å². The fraction of sp³-hybridized carbons (Fsp3) is 0.222. The number of halogens is 2. The molecule has 2 aromatic rings. The van der Waals surface area contributed by atoms with Crippen molar-refractivity contribution >= 4 is 11.9 Å². The third kappa shape index (κ3) is 5.82. The zero-order valence-corrected chi connectivity index (χ0v) is 13.6. The van der Waals surface area contributed by atoms with Crippen molar-refractivity contribution in [3.63, 3.8) is 0 Å². The monoisotopic (exact) mass is 365 g/mol. The second kappa shape index (κ2) is 9.47. The summed E-state index contributed by atoms with van der Waals surface area (Å²) in [6.07, 6.45) is -0.862. The summed E-state index contributed by atoms with van der Waals surface area (Å²) in [5.74, 6) is -0.694. The maximum absolute atomic E-state index is 12.3. The highest BCUT2D eigenvalue weighted by Crippen LogP contribution is 2.16. The van der Waals surface area contributed by atoms with Crippen molar-refractivity contribution in [1.82, 2.24) is 5.32 Å². The van der Waals surface area contributed by atoms with E-state index >= 15 is 0 Å². The van der Waals surface area contributed by atoms with Gasteiger partial charge in [0.15, 0.2) is 5.78 Å². The average molecular weight is 365 g/mol. The van der Waals surface area contributed by atoms with Crippen LogP contribution in [0.3, 0.4) is 0 Å². The van der Waals surface area contributed by atoms with Gasteiger partial charge in [-0.25, -0.2) is 4.79 Å². The van der Waals surface area contributed by atoms with Crippen LogP contribution in [0, 0.1) is 0 Å². The summed E-state index contributed by atoms with van der Waals surface area (Å²) in [6, 6.07) is 12.6. The van der Waals surface area contributed by atoms with Crippen molar-refractivity contribution in [2.24, 2.45) is 0 Å². The molecule has 0 bridgehead atoms. The number of hydrogen-bond acceptors (Lipinski definition) is 5. The number of hydrogen-bond donors (Lipinski definition) is 2. The van der Waals surface area contributed by atoms with Gasteiger partial charge in [-0.3, -0.25) is 4.79 Å². The van der Waals surface area contributed by atoms with E-state index in [9.17, 15) is 23.5 Å². The average Bonchev–Trinajstić information content (AvgIpc) is 2.65. The van der Waals surface area contributed by atoms with Crippen molar-refractivity contribution in [2.45, 2.75) is 19.3 Å². The van der Waals surface area contributed by atoms with Gasteiger partial charge >= 0.3 is 12.7 Å². The summed E-state index contributed by atoms with van der Waals surface area (Å²) in [6.45, 7) is -3.60. The van der Waals surface area contributed by atoms with Gasteiger partial charge in [0.2, 0.25) is 0 Å². The second-order valence-corrected chi connectivity index (χ2v) is 5.21. The molecule has 26 heavy (non-hydrogen) atoms. The van der Waals surface area contributed by atoms with Gasteiger partial charge in [0.25, 0.3) is 0 Å². The van der Waals surface area contributed by atoms with Crippen LogP contribution in [0.5, 0.6) is 5.75 Å². The number of Topliss-reactive ketones (excluding diaryl/α,β-unsaturated/α-hetero) is 1. The number of nitrogens with one attached hydrogen (secondary N) is 1. The first-order chi connectivity index (χ1) is 12.5. The summed E-state index contributed by atoms with van der Waals surface area (Å²) < 4.78 is 33.4. The standard InChI is InChI=1S/C18H17F2NO5/c19-17(20)26-14-8-6-13(7-9-14)16(23)15(10-22)21-18(24)25-11-12-4-2-1-3-5-12/h1-9,15,17,22H,10-11H2,(H,21,24)/t15-/m0/s1. The number of aliphatic hydroxyl groups excluding tert-OH is 1. The highest BCUT2D eigenvalue weighted by molar-refractivity contribution is 6.01. The number of benzene rings is 2. The van der Waals surface area contributed by atoms with Crippen LogP contribution in [0.25, 0.3) is 0 Å². The minimum atomic E-state index is -2.97. The molecule has 0 heterocycles. The molecular formula is C18H17F2NO5. The summed E-state index contributed by atoms with van der Waals surface area (Å²) in [7, 11) is 0. The molecule has 0 fully saturated rings. The van der Waals surface area contributed by atoms with Crippen molar-refractivity contribution < 1.29 is 33.0 Å². The Bertz CT molecular complexity index is 722. The van der Waals surface area contributed by atoms with Gasteiger partial charge in [-0.05, 0) is 29.8 Å². The fourth-order valence-electron chi connectivity index (χ4n) is 2.10. The lowest BCUT2D eigenvalue weighted by Gasteiger charge is -2.15. The van der Waals surface area contributed by atoms with Crippen LogP contribution >= 0.6 is 0 Å². The quantitative estimate of drug-likeness (QED) is 0.703. The molecule has 0 saturated carbocycles. The van der Waals surface area contributed by atoms with E-state index in [-0.39, 0.29) is 17.9 Å². The minimum absolute atomic E-state index is 0.0126. The van der Waals surface area contributed by atoms with Gasteiger partial charge < -0.3 is 19.9 Å². The molecule has 2 aromatic carbocycles. The Morgan fingerprint density at radius 2 is 1.69 bits per heavy atom.